The number of piperidine rings is 1. The minimum Gasteiger partial charge on any atom is -0.465 e. The van der Waals surface area contributed by atoms with Crippen molar-refractivity contribution in [2.45, 2.75) is 25.7 Å². The van der Waals surface area contributed by atoms with Crippen molar-refractivity contribution in [2.75, 3.05) is 13.1 Å². The van der Waals surface area contributed by atoms with E-state index >= 15 is 0 Å². The number of pyridine rings is 1. The van der Waals surface area contributed by atoms with Gasteiger partial charge in [-0.2, -0.15) is 0 Å². The molecule has 0 spiro atoms. The second-order valence-electron chi connectivity index (χ2n) is 7.61. The Labute approximate surface area is 182 Å². The summed E-state index contributed by atoms with van der Waals surface area (Å²) in [4.78, 5) is 42.9. The zero-order valence-electron chi connectivity index (χ0n) is 16.4. The number of hydrogen-bond donors (Lipinski definition) is 1. The Morgan fingerprint density at radius 1 is 1.27 bits per heavy atom. The van der Waals surface area contributed by atoms with Gasteiger partial charge in [-0.05, 0) is 70.2 Å². The molecule has 30 heavy (non-hydrogen) atoms. The van der Waals surface area contributed by atoms with E-state index in [1.54, 1.807) is 18.3 Å². The van der Waals surface area contributed by atoms with Crippen LogP contribution in [0.5, 0.6) is 0 Å². The highest BCUT2D eigenvalue weighted by Crippen LogP contribution is 2.32. The van der Waals surface area contributed by atoms with E-state index in [-0.39, 0.29) is 29.8 Å². The van der Waals surface area contributed by atoms with Crippen LogP contribution >= 0.6 is 15.9 Å². The normalized spacial score (nSPS) is 19.9. The summed E-state index contributed by atoms with van der Waals surface area (Å²) in [7, 11) is 0. The van der Waals surface area contributed by atoms with E-state index < -0.39 is 17.8 Å². The zero-order valence-corrected chi connectivity index (χ0v) is 18.0. The maximum atomic E-state index is 13.3. The van der Waals surface area contributed by atoms with Gasteiger partial charge >= 0.3 is 6.09 Å². The van der Waals surface area contributed by atoms with E-state index in [9.17, 15) is 23.9 Å². The van der Waals surface area contributed by atoms with E-state index in [0.29, 0.717) is 35.2 Å². The molecule has 0 bridgehead atoms. The first-order chi connectivity index (χ1) is 14.3. The van der Waals surface area contributed by atoms with Gasteiger partial charge in [0.15, 0.2) is 5.78 Å². The minimum atomic E-state index is -0.987. The summed E-state index contributed by atoms with van der Waals surface area (Å²) in [6.45, 7) is 2.45. The van der Waals surface area contributed by atoms with E-state index in [1.807, 2.05) is 6.92 Å². The van der Waals surface area contributed by atoms with Crippen molar-refractivity contribution in [3.63, 3.8) is 0 Å². The van der Waals surface area contributed by atoms with Crippen LogP contribution in [0.1, 0.15) is 41.6 Å². The highest BCUT2D eigenvalue weighted by molar-refractivity contribution is 9.10. The van der Waals surface area contributed by atoms with Gasteiger partial charge in [-0.25, -0.2) is 14.2 Å². The Hall–Kier alpha value is -2.61. The van der Waals surface area contributed by atoms with Crippen LogP contribution in [0.15, 0.2) is 47.2 Å². The lowest BCUT2D eigenvalue weighted by Gasteiger charge is -2.35. The number of Topliss-reactive ketones (excluding diaryl/α,β-unsaturated/α-hetero) is 2. The first-order valence-corrected chi connectivity index (χ1v) is 10.5. The van der Waals surface area contributed by atoms with Crippen LogP contribution < -0.4 is 0 Å². The molecule has 1 aliphatic rings. The lowest BCUT2D eigenvalue weighted by atomic mass is 9.78. The summed E-state index contributed by atoms with van der Waals surface area (Å²) in [6.07, 6.45) is 1.00. The van der Waals surface area contributed by atoms with Crippen LogP contribution in [0.25, 0.3) is 0 Å². The summed E-state index contributed by atoms with van der Waals surface area (Å²) in [5, 5.41) is 9.18. The molecule has 0 aliphatic carbocycles. The van der Waals surface area contributed by atoms with E-state index in [4.69, 9.17) is 0 Å². The Morgan fingerprint density at radius 3 is 2.57 bits per heavy atom. The molecule has 3 unspecified atom stereocenters. The molecule has 1 amide bonds. The molecular formula is C22H22BrFN2O4. The minimum absolute atomic E-state index is 0.00522. The number of ketones is 2. The van der Waals surface area contributed by atoms with Crippen molar-refractivity contribution in [3.8, 4) is 0 Å². The lowest BCUT2D eigenvalue weighted by molar-refractivity contribution is -0.126. The molecule has 6 nitrogen and oxygen atoms in total. The molecule has 0 radical (unpaired) electrons. The molecule has 2 heterocycles. The third-order valence-corrected chi connectivity index (χ3v) is 6.03. The number of likely N-dealkylation sites (tertiary alicyclic amines) is 1. The maximum absolute atomic E-state index is 13.3. The molecule has 3 atom stereocenters. The summed E-state index contributed by atoms with van der Waals surface area (Å²) in [5.41, 5.74) is 0.978. The van der Waals surface area contributed by atoms with Crippen LogP contribution in [-0.4, -0.2) is 45.7 Å². The van der Waals surface area contributed by atoms with Gasteiger partial charge in [-0.3, -0.25) is 9.59 Å². The predicted molar refractivity (Wildman–Crippen MR) is 112 cm³/mol. The average molecular weight is 477 g/mol. The van der Waals surface area contributed by atoms with Crippen LogP contribution in [0, 0.1) is 17.7 Å². The highest BCUT2D eigenvalue weighted by Gasteiger charge is 2.35. The van der Waals surface area contributed by atoms with Gasteiger partial charge in [-0.15, -0.1) is 0 Å². The summed E-state index contributed by atoms with van der Waals surface area (Å²) < 4.78 is 13.8. The standard InChI is InChI=1S/C22H22BrFN2O4/c1-13-12-26(22(29)30)9-7-17(13)19(27)11-18(15-6-8-25-20(23)10-15)21(28)14-2-4-16(24)5-3-14/h2-6,8,10,13,17-18H,7,9,11-12H2,1H3,(H,29,30). The number of rotatable bonds is 6. The number of carboxylic acid groups (broad SMARTS) is 1. The second-order valence-corrected chi connectivity index (χ2v) is 8.42. The van der Waals surface area contributed by atoms with Gasteiger partial charge in [0.25, 0.3) is 0 Å². The summed E-state index contributed by atoms with van der Waals surface area (Å²) in [6, 6.07) is 8.67. The summed E-state index contributed by atoms with van der Waals surface area (Å²) in [5.74, 6) is -1.95. The van der Waals surface area contributed by atoms with Crippen LogP contribution in [0.2, 0.25) is 0 Å². The van der Waals surface area contributed by atoms with Gasteiger partial charge in [0.1, 0.15) is 16.2 Å². The van der Waals surface area contributed by atoms with E-state index in [0.717, 1.165) is 0 Å². The van der Waals surface area contributed by atoms with Crippen molar-refractivity contribution >= 4 is 33.6 Å². The monoisotopic (exact) mass is 476 g/mol. The molecule has 1 N–H and O–H groups in total. The molecule has 1 saturated heterocycles. The van der Waals surface area contributed by atoms with Gasteiger partial charge in [0.05, 0.1) is 5.92 Å². The number of carbonyl (C=O) groups excluding carboxylic acids is 2. The van der Waals surface area contributed by atoms with Gasteiger partial charge in [0, 0.05) is 37.2 Å². The lowest BCUT2D eigenvalue weighted by Crippen LogP contribution is -2.44. The molecule has 0 saturated carbocycles. The smallest absolute Gasteiger partial charge is 0.407 e. The highest BCUT2D eigenvalue weighted by atomic mass is 79.9. The molecule has 3 rings (SSSR count). The first-order valence-electron chi connectivity index (χ1n) is 9.68. The molecule has 2 aromatic rings. The third-order valence-electron chi connectivity index (χ3n) is 5.59. The third kappa shape index (κ3) is 5.11. The molecular weight excluding hydrogens is 455 g/mol. The number of halogens is 2. The number of nitrogens with zero attached hydrogens (tertiary/aromatic N) is 2. The number of amides is 1. The molecule has 1 aromatic carbocycles. The van der Waals surface area contributed by atoms with Crippen LogP contribution in [-0.2, 0) is 4.79 Å². The Morgan fingerprint density at radius 2 is 1.97 bits per heavy atom. The van der Waals surface area contributed by atoms with Gasteiger partial charge in [0.2, 0.25) is 0 Å². The van der Waals surface area contributed by atoms with Crippen molar-refractivity contribution < 1.29 is 23.9 Å². The molecule has 8 heteroatoms. The van der Waals surface area contributed by atoms with Crippen molar-refractivity contribution in [2.24, 2.45) is 11.8 Å². The van der Waals surface area contributed by atoms with Gasteiger partial charge in [-0.1, -0.05) is 6.92 Å². The van der Waals surface area contributed by atoms with Crippen molar-refractivity contribution in [1.82, 2.24) is 9.88 Å². The average Bonchev–Trinajstić information content (AvgIpc) is 2.71. The first kappa shape index (κ1) is 22.1. The Bertz CT molecular complexity index is 950. The summed E-state index contributed by atoms with van der Waals surface area (Å²) >= 11 is 3.30. The molecule has 158 valence electrons. The van der Waals surface area contributed by atoms with E-state index in [2.05, 4.69) is 20.9 Å². The van der Waals surface area contributed by atoms with Crippen molar-refractivity contribution in [3.05, 3.63) is 64.1 Å². The number of carbonyl (C=O) groups is 3. The molecule has 1 aliphatic heterocycles. The maximum Gasteiger partial charge on any atom is 0.407 e. The van der Waals surface area contributed by atoms with E-state index in [1.165, 1.54) is 29.2 Å². The fraction of sp³-hybridized carbons (Fsp3) is 0.364. The second kappa shape index (κ2) is 9.47. The topological polar surface area (TPSA) is 87.6 Å². The number of benzene rings is 1. The zero-order chi connectivity index (χ0) is 21.8. The quantitative estimate of drug-likeness (QED) is 0.488. The van der Waals surface area contributed by atoms with Crippen molar-refractivity contribution in [1.29, 1.82) is 0 Å². The van der Waals surface area contributed by atoms with Crippen LogP contribution in [0.3, 0.4) is 0 Å². The Kier molecular flexibility index (Phi) is 6.97. The fourth-order valence-electron chi connectivity index (χ4n) is 3.96. The SMILES string of the molecule is CC1CN(C(=O)O)CCC1C(=O)CC(C(=O)c1ccc(F)cc1)c1ccnc(Br)c1. The molecule has 1 aromatic heterocycles. The molecule has 1 fully saturated rings. The fourth-order valence-corrected chi connectivity index (χ4v) is 4.34. The predicted octanol–water partition coefficient (Wildman–Crippen LogP) is 4.54. The van der Waals surface area contributed by atoms with Gasteiger partial charge < -0.3 is 10.0 Å². The largest absolute Gasteiger partial charge is 0.465 e. The number of aromatic nitrogens is 1. The number of hydrogen-bond acceptors (Lipinski definition) is 4. The van der Waals surface area contributed by atoms with Crippen LogP contribution in [0.4, 0.5) is 9.18 Å². The Balaban J connectivity index is 1.84.